The van der Waals surface area contributed by atoms with E-state index in [9.17, 15) is 19.8 Å². The Balaban J connectivity index is 2.09. The molecule has 4 aromatic rings. The quantitative estimate of drug-likeness (QED) is 0.475. The van der Waals surface area contributed by atoms with Gasteiger partial charge in [0, 0.05) is 23.9 Å². The van der Waals surface area contributed by atoms with Crippen molar-refractivity contribution in [2.45, 2.75) is 33.6 Å². The van der Waals surface area contributed by atoms with Crippen LogP contribution >= 0.6 is 0 Å². The van der Waals surface area contributed by atoms with Crippen LogP contribution in [0, 0.1) is 20.8 Å². The van der Waals surface area contributed by atoms with E-state index in [0.717, 1.165) is 64.4 Å². The molecule has 2 N–H and O–H groups in total. The van der Waals surface area contributed by atoms with Crippen LogP contribution in [-0.2, 0) is 0 Å². The lowest BCUT2D eigenvalue weighted by Crippen LogP contribution is -2.21. The van der Waals surface area contributed by atoms with Crippen molar-refractivity contribution >= 4 is 44.8 Å². The molecule has 0 aliphatic carbocycles. The Hall–Kier alpha value is -3.61. The van der Waals surface area contributed by atoms with Crippen molar-refractivity contribution in [1.29, 1.82) is 0 Å². The third kappa shape index (κ3) is 2.62. The second-order valence-corrected chi connectivity index (χ2v) is 8.32. The molecular formula is C24H23N3O4. The Morgan fingerprint density at radius 1 is 0.968 bits per heavy atom. The molecule has 0 unspecified atom stereocenters. The minimum Gasteiger partial charge on any atom is -0.478 e. The molecule has 1 aliphatic rings. The van der Waals surface area contributed by atoms with Gasteiger partial charge in [-0.25, -0.2) is 14.1 Å². The third-order valence-corrected chi connectivity index (χ3v) is 6.51. The normalized spacial score (nSPS) is 14.2. The van der Waals surface area contributed by atoms with E-state index in [2.05, 4.69) is 17.9 Å². The first-order valence-corrected chi connectivity index (χ1v) is 10.4. The first-order chi connectivity index (χ1) is 14.8. The molecule has 7 nitrogen and oxygen atoms in total. The summed E-state index contributed by atoms with van der Waals surface area (Å²) >= 11 is 0. The Kier molecular flexibility index (Phi) is 4.18. The van der Waals surface area contributed by atoms with E-state index in [-0.39, 0.29) is 11.1 Å². The Labute approximate surface area is 178 Å². The molecule has 5 rings (SSSR count). The molecule has 2 aromatic heterocycles. The molecule has 1 aliphatic heterocycles. The van der Waals surface area contributed by atoms with Gasteiger partial charge in [0.15, 0.2) is 5.82 Å². The second kappa shape index (κ2) is 6.70. The van der Waals surface area contributed by atoms with Crippen molar-refractivity contribution in [3.63, 3.8) is 0 Å². The van der Waals surface area contributed by atoms with Gasteiger partial charge in [-0.15, -0.1) is 5.10 Å². The SMILES string of the molecule is Cc1cccc2cc3c(c(N4CCCC4)nn4c(C)c(C(=O)O)c(C(=O)O)c34)c(C)c12. The Morgan fingerprint density at radius 3 is 2.29 bits per heavy atom. The van der Waals surface area contributed by atoms with Gasteiger partial charge in [0.05, 0.1) is 16.8 Å². The van der Waals surface area contributed by atoms with E-state index >= 15 is 0 Å². The molecule has 31 heavy (non-hydrogen) atoms. The molecule has 0 radical (unpaired) electrons. The third-order valence-electron chi connectivity index (χ3n) is 6.51. The van der Waals surface area contributed by atoms with Crippen molar-refractivity contribution in [2.24, 2.45) is 0 Å². The molecule has 7 heteroatoms. The lowest BCUT2D eigenvalue weighted by atomic mass is 9.94. The minimum absolute atomic E-state index is 0.207. The number of fused-ring (bicyclic) bond motifs is 4. The first-order valence-electron chi connectivity index (χ1n) is 10.4. The van der Waals surface area contributed by atoms with Crippen molar-refractivity contribution < 1.29 is 19.8 Å². The van der Waals surface area contributed by atoms with Gasteiger partial charge >= 0.3 is 11.9 Å². The van der Waals surface area contributed by atoms with Crippen LogP contribution < -0.4 is 4.90 Å². The molecule has 0 bridgehead atoms. The maximum atomic E-state index is 12.2. The summed E-state index contributed by atoms with van der Waals surface area (Å²) in [6.07, 6.45) is 2.14. The van der Waals surface area contributed by atoms with Crippen LogP contribution in [0.4, 0.5) is 5.82 Å². The predicted octanol–water partition coefficient (Wildman–Crippen LogP) is 4.56. The first kappa shape index (κ1) is 19.4. The zero-order valence-electron chi connectivity index (χ0n) is 17.7. The predicted molar refractivity (Wildman–Crippen MR) is 120 cm³/mol. The van der Waals surface area contributed by atoms with Crippen molar-refractivity contribution in [3.8, 4) is 0 Å². The van der Waals surface area contributed by atoms with Gasteiger partial charge in [-0.1, -0.05) is 18.2 Å². The summed E-state index contributed by atoms with van der Waals surface area (Å²) in [6.45, 7) is 7.47. The van der Waals surface area contributed by atoms with Gasteiger partial charge in [0.1, 0.15) is 5.56 Å². The highest BCUT2D eigenvalue weighted by Gasteiger charge is 2.30. The monoisotopic (exact) mass is 417 g/mol. The fraction of sp³-hybridized carbons (Fsp3) is 0.292. The van der Waals surface area contributed by atoms with Gasteiger partial charge in [-0.2, -0.15) is 0 Å². The molecule has 0 amide bonds. The Morgan fingerprint density at radius 2 is 1.65 bits per heavy atom. The van der Waals surface area contributed by atoms with E-state index in [1.807, 2.05) is 25.1 Å². The number of aromatic carboxylic acids is 2. The molecule has 0 atom stereocenters. The maximum Gasteiger partial charge on any atom is 0.338 e. The average molecular weight is 417 g/mol. The fourth-order valence-electron chi connectivity index (χ4n) is 5.17. The van der Waals surface area contributed by atoms with E-state index in [1.165, 1.54) is 4.52 Å². The smallest absolute Gasteiger partial charge is 0.338 e. The minimum atomic E-state index is -1.26. The molecule has 2 aromatic carbocycles. The van der Waals surface area contributed by atoms with Gasteiger partial charge < -0.3 is 15.1 Å². The topological polar surface area (TPSA) is 95.1 Å². The number of aromatic nitrogens is 2. The molecular weight excluding hydrogens is 394 g/mol. The lowest BCUT2D eigenvalue weighted by molar-refractivity contribution is 0.0653. The molecule has 1 fully saturated rings. The number of hydrogen-bond acceptors (Lipinski definition) is 4. The van der Waals surface area contributed by atoms with E-state index in [4.69, 9.17) is 5.10 Å². The molecule has 158 valence electrons. The number of carbonyl (C=O) groups is 2. The summed E-state index contributed by atoms with van der Waals surface area (Å²) in [6, 6.07) is 8.04. The van der Waals surface area contributed by atoms with Crippen molar-refractivity contribution in [3.05, 3.63) is 52.2 Å². The van der Waals surface area contributed by atoms with Gasteiger partial charge in [-0.3, -0.25) is 0 Å². The van der Waals surface area contributed by atoms with E-state index < -0.39 is 11.9 Å². The Bertz CT molecular complexity index is 1430. The summed E-state index contributed by atoms with van der Waals surface area (Å²) < 4.78 is 1.52. The maximum absolute atomic E-state index is 12.2. The van der Waals surface area contributed by atoms with Crippen LogP contribution in [0.15, 0.2) is 24.3 Å². The lowest BCUT2D eigenvalue weighted by Gasteiger charge is -2.22. The summed E-state index contributed by atoms with van der Waals surface area (Å²) in [4.78, 5) is 26.5. The number of hydrogen-bond donors (Lipinski definition) is 2. The van der Waals surface area contributed by atoms with Crippen LogP contribution in [0.5, 0.6) is 0 Å². The number of nitrogens with zero attached hydrogens (tertiary/aromatic N) is 3. The van der Waals surface area contributed by atoms with Crippen molar-refractivity contribution in [2.75, 3.05) is 18.0 Å². The summed E-state index contributed by atoms with van der Waals surface area (Å²) in [7, 11) is 0. The molecule has 1 saturated heterocycles. The zero-order chi connectivity index (χ0) is 22.0. The molecule has 0 saturated carbocycles. The van der Waals surface area contributed by atoms with Gasteiger partial charge in [-0.05, 0) is 61.6 Å². The van der Waals surface area contributed by atoms with Crippen LogP contribution in [0.1, 0.15) is 50.4 Å². The number of rotatable bonds is 3. The van der Waals surface area contributed by atoms with Crippen LogP contribution in [0.3, 0.4) is 0 Å². The van der Waals surface area contributed by atoms with Gasteiger partial charge in [0.2, 0.25) is 0 Å². The highest BCUT2D eigenvalue weighted by atomic mass is 16.4. The largest absolute Gasteiger partial charge is 0.478 e. The summed E-state index contributed by atoms with van der Waals surface area (Å²) in [5, 5.41) is 28.4. The van der Waals surface area contributed by atoms with Crippen molar-refractivity contribution in [1.82, 2.24) is 9.61 Å². The molecule has 0 spiro atoms. The number of benzene rings is 2. The van der Waals surface area contributed by atoms with E-state index in [1.54, 1.807) is 6.92 Å². The van der Waals surface area contributed by atoms with Crippen LogP contribution in [0.2, 0.25) is 0 Å². The second-order valence-electron chi connectivity index (χ2n) is 8.32. The van der Waals surface area contributed by atoms with E-state index in [0.29, 0.717) is 11.2 Å². The van der Waals surface area contributed by atoms with Crippen LogP contribution in [-0.4, -0.2) is 44.9 Å². The zero-order valence-corrected chi connectivity index (χ0v) is 17.7. The summed E-state index contributed by atoms with van der Waals surface area (Å²) in [5.74, 6) is -1.73. The number of carboxylic acid groups (broad SMARTS) is 2. The highest BCUT2D eigenvalue weighted by molar-refractivity contribution is 6.19. The average Bonchev–Trinajstić information content (AvgIpc) is 3.34. The highest BCUT2D eigenvalue weighted by Crippen LogP contribution is 2.40. The fourth-order valence-corrected chi connectivity index (χ4v) is 5.17. The summed E-state index contributed by atoms with van der Waals surface area (Å²) in [5.41, 5.74) is 2.43. The number of carboxylic acids is 2. The van der Waals surface area contributed by atoms with Crippen LogP contribution in [0.25, 0.3) is 27.1 Å². The number of aryl methyl sites for hydroxylation is 3. The number of anilines is 1. The molecule has 3 heterocycles. The van der Waals surface area contributed by atoms with Gasteiger partial charge in [0.25, 0.3) is 0 Å². The standard InChI is InChI=1S/C24H23N3O4/c1-12-7-6-8-15-11-16-18(13(2)17(12)15)22(26-9-4-5-10-26)25-27-14(3)19(23(28)29)20(21(16)27)24(30)31/h6-8,11H,4-5,9-10H2,1-3H3,(H,28,29)(H,30,31).